The lowest BCUT2D eigenvalue weighted by molar-refractivity contribution is -0.146. The van der Waals surface area contributed by atoms with Crippen LogP contribution in [0.5, 0.6) is 0 Å². The first-order chi connectivity index (χ1) is 15.6. The average molecular weight is 463 g/mol. The molecule has 1 fully saturated rings. The van der Waals surface area contributed by atoms with Gasteiger partial charge in [-0.2, -0.15) is 0 Å². The molecule has 0 spiro atoms. The highest BCUT2D eigenvalue weighted by Crippen LogP contribution is 2.28. The molecule has 9 heteroatoms. The predicted octanol–water partition coefficient (Wildman–Crippen LogP) is 2.12. The highest BCUT2D eigenvalue weighted by Gasteiger charge is 2.36. The van der Waals surface area contributed by atoms with Crippen LogP contribution in [-0.4, -0.2) is 80.5 Å². The maximum Gasteiger partial charge on any atom is 0.317 e. The van der Waals surface area contributed by atoms with Crippen molar-refractivity contribution < 1.29 is 34.5 Å². The van der Waals surface area contributed by atoms with Crippen LogP contribution in [0.3, 0.4) is 0 Å². The SMILES string of the molecule is CC(C)C(=O)Cc1ccc(CN(CC(=O)O)C2CCCCC2N(CC(=O)O)CC(=O)O)cc1. The summed E-state index contributed by atoms with van der Waals surface area (Å²) in [5.41, 5.74) is 1.77. The molecule has 1 aromatic rings. The van der Waals surface area contributed by atoms with Crippen molar-refractivity contribution in [1.82, 2.24) is 9.80 Å². The van der Waals surface area contributed by atoms with Crippen LogP contribution in [0.25, 0.3) is 0 Å². The number of ketones is 1. The summed E-state index contributed by atoms with van der Waals surface area (Å²) in [4.78, 5) is 49.6. The molecule has 1 aromatic carbocycles. The topological polar surface area (TPSA) is 135 Å². The summed E-state index contributed by atoms with van der Waals surface area (Å²) in [5.74, 6) is -3.12. The summed E-state index contributed by atoms with van der Waals surface area (Å²) in [6.45, 7) is 3.00. The van der Waals surface area contributed by atoms with E-state index in [1.807, 2.05) is 38.1 Å². The first-order valence-corrected chi connectivity index (χ1v) is 11.3. The molecule has 33 heavy (non-hydrogen) atoms. The fourth-order valence-electron chi connectivity index (χ4n) is 4.45. The molecular formula is C24H34N2O7. The molecule has 1 saturated carbocycles. The molecule has 0 aromatic heterocycles. The Bertz CT molecular complexity index is 822. The lowest BCUT2D eigenvalue weighted by Crippen LogP contribution is -2.56. The smallest absolute Gasteiger partial charge is 0.317 e. The number of aliphatic carboxylic acids is 3. The number of nitrogens with zero attached hydrogens (tertiary/aromatic N) is 2. The molecule has 2 unspecified atom stereocenters. The van der Waals surface area contributed by atoms with Crippen LogP contribution in [0.2, 0.25) is 0 Å². The third kappa shape index (κ3) is 8.58. The van der Waals surface area contributed by atoms with E-state index in [-0.39, 0.29) is 30.3 Å². The summed E-state index contributed by atoms with van der Waals surface area (Å²) in [5, 5.41) is 28.1. The molecule has 2 rings (SSSR count). The highest BCUT2D eigenvalue weighted by atomic mass is 16.4. The van der Waals surface area contributed by atoms with Crippen LogP contribution >= 0.6 is 0 Å². The van der Waals surface area contributed by atoms with Gasteiger partial charge < -0.3 is 15.3 Å². The van der Waals surface area contributed by atoms with E-state index in [2.05, 4.69) is 0 Å². The van der Waals surface area contributed by atoms with E-state index in [1.165, 1.54) is 4.90 Å². The Morgan fingerprint density at radius 3 is 1.67 bits per heavy atom. The zero-order valence-electron chi connectivity index (χ0n) is 19.3. The minimum Gasteiger partial charge on any atom is -0.480 e. The van der Waals surface area contributed by atoms with Crippen LogP contribution in [0.4, 0.5) is 0 Å². The normalized spacial score (nSPS) is 18.6. The Labute approximate surface area is 194 Å². The number of Topliss-reactive ketones (excluding diaryl/α,β-unsaturated/α-hetero) is 1. The van der Waals surface area contributed by atoms with Gasteiger partial charge in [-0.1, -0.05) is 51.0 Å². The molecule has 0 radical (unpaired) electrons. The van der Waals surface area contributed by atoms with E-state index >= 15 is 0 Å². The van der Waals surface area contributed by atoms with Crippen molar-refractivity contribution in [1.29, 1.82) is 0 Å². The van der Waals surface area contributed by atoms with Crippen LogP contribution in [0.1, 0.15) is 50.7 Å². The molecule has 1 aliphatic rings. The van der Waals surface area contributed by atoms with E-state index in [1.54, 1.807) is 4.90 Å². The van der Waals surface area contributed by atoms with Crippen LogP contribution < -0.4 is 0 Å². The predicted molar refractivity (Wildman–Crippen MR) is 121 cm³/mol. The van der Waals surface area contributed by atoms with Crippen molar-refractivity contribution in [3.8, 4) is 0 Å². The van der Waals surface area contributed by atoms with E-state index in [9.17, 15) is 34.5 Å². The Morgan fingerprint density at radius 2 is 1.21 bits per heavy atom. The van der Waals surface area contributed by atoms with Crippen molar-refractivity contribution >= 4 is 23.7 Å². The highest BCUT2D eigenvalue weighted by molar-refractivity contribution is 5.82. The first kappa shape index (κ1) is 26.5. The van der Waals surface area contributed by atoms with Gasteiger partial charge in [0.25, 0.3) is 0 Å². The van der Waals surface area contributed by atoms with Gasteiger partial charge in [0, 0.05) is 31.0 Å². The van der Waals surface area contributed by atoms with Crippen LogP contribution in [0.15, 0.2) is 24.3 Å². The van der Waals surface area contributed by atoms with E-state index in [4.69, 9.17) is 0 Å². The Balaban J connectivity index is 2.23. The monoisotopic (exact) mass is 462 g/mol. The summed E-state index contributed by atoms with van der Waals surface area (Å²) in [6.07, 6.45) is 3.31. The largest absolute Gasteiger partial charge is 0.480 e. The van der Waals surface area contributed by atoms with Crippen LogP contribution in [-0.2, 0) is 32.1 Å². The fraction of sp³-hybridized carbons (Fsp3) is 0.583. The number of carboxylic acids is 3. The zero-order chi connectivity index (χ0) is 24.5. The number of rotatable bonds is 13. The van der Waals surface area contributed by atoms with Gasteiger partial charge in [-0.3, -0.25) is 29.0 Å². The van der Waals surface area contributed by atoms with Gasteiger partial charge in [0.15, 0.2) is 0 Å². The van der Waals surface area contributed by atoms with Gasteiger partial charge in [-0.15, -0.1) is 0 Å². The maximum absolute atomic E-state index is 12.0. The quantitative estimate of drug-likeness (QED) is 0.403. The number of hydrogen-bond donors (Lipinski definition) is 3. The van der Waals surface area contributed by atoms with Gasteiger partial charge in [0.2, 0.25) is 0 Å². The average Bonchev–Trinajstić information content (AvgIpc) is 2.73. The third-order valence-corrected chi connectivity index (χ3v) is 6.08. The van der Waals surface area contributed by atoms with Crippen LogP contribution in [0, 0.1) is 5.92 Å². The lowest BCUT2D eigenvalue weighted by Gasteiger charge is -2.44. The number of carbonyl (C=O) groups is 4. The molecule has 0 aliphatic heterocycles. The van der Waals surface area contributed by atoms with Gasteiger partial charge in [0.05, 0.1) is 19.6 Å². The molecule has 9 nitrogen and oxygen atoms in total. The summed E-state index contributed by atoms with van der Waals surface area (Å²) in [6, 6.07) is 6.84. The van der Waals surface area contributed by atoms with Gasteiger partial charge in [0.1, 0.15) is 5.78 Å². The van der Waals surface area contributed by atoms with Gasteiger partial charge in [-0.05, 0) is 24.0 Å². The molecule has 0 saturated heterocycles. The molecule has 2 atom stereocenters. The number of carbonyl (C=O) groups excluding carboxylic acids is 1. The van der Waals surface area contributed by atoms with Crippen molar-refractivity contribution in [2.24, 2.45) is 5.92 Å². The Hall–Kier alpha value is -2.78. The van der Waals surface area contributed by atoms with Gasteiger partial charge >= 0.3 is 17.9 Å². The maximum atomic E-state index is 12.0. The minimum atomic E-state index is -1.11. The number of hydrogen-bond acceptors (Lipinski definition) is 6. The van der Waals surface area contributed by atoms with E-state index in [0.29, 0.717) is 25.8 Å². The molecule has 0 bridgehead atoms. The summed E-state index contributed by atoms with van der Waals surface area (Å²) >= 11 is 0. The van der Waals surface area contributed by atoms with Crippen molar-refractivity contribution in [3.05, 3.63) is 35.4 Å². The van der Waals surface area contributed by atoms with E-state index in [0.717, 1.165) is 24.0 Å². The summed E-state index contributed by atoms with van der Waals surface area (Å²) < 4.78 is 0. The van der Waals surface area contributed by atoms with E-state index < -0.39 is 31.0 Å². The second-order valence-corrected chi connectivity index (χ2v) is 9.02. The van der Waals surface area contributed by atoms with Gasteiger partial charge in [-0.25, -0.2) is 0 Å². The third-order valence-electron chi connectivity index (χ3n) is 6.08. The minimum absolute atomic E-state index is 0.0430. The number of carboxylic acid groups (broad SMARTS) is 3. The molecule has 182 valence electrons. The lowest BCUT2D eigenvalue weighted by atomic mass is 9.87. The summed E-state index contributed by atoms with van der Waals surface area (Å²) in [7, 11) is 0. The standard InChI is InChI=1S/C24H34N2O7/c1-16(2)21(27)11-17-7-9-18(10-8-17)12-25(13-22(28)29)19-5-3-4-6-20(19)26(14-23(30)31)15-24(32)33/h7-10,16,19-20H,3-6,11-15H2,1-2H3,(H,28,29)(H,30,31)(H,32,33). The number of benzene rings is 1. The second kappa shape index (κ2) is 12.5. The zero-order valence-corrected chi connectivity index (χ0v) is 19.3. The molecule has 0 heterocycles. The molecular weight excluding hydrogens is 428 g/mol. The fourth-order valence-corrected chi connectivity index (χ4v) is 4.45. The van der Waals surface area contributed by atoms with Crippen molar-refractivity contribution in [2.75, 3.05) is 19.6 Å². The Kier molecular flexibility index (Phi) is 9.99. The first-order valence-electron chi connectivity index (χ1n) is 11.3. The molecule has 1 aliphatic carbocycles. The molecule has 3 N–H and O–H groups in total. The Morgan fingerprint density at radius 1 is 0.788 bits per heavy atom. The second-order valence-electron chi connectivity index (χ2n) is 9.02. The van der Waals surface area contributed by atoms with Crippen molar-refractivity contribution in [3.63, 3.8) is 0 Å². The molecule has 0 amide bonds. The van der Waals surface area contributed by atoms with Crippen molar-refractivity contribution in [2.45, 2.75) is 64.6 Å².